The van der Waals surface area contributed by atoms with Gasteiger partial charge in [-0.3, -0.25) is 0 Å². The molecule has 0 saturated carbocycles. The van der Waals surface area contributed by atoms with Crippen molar-refractivity contribution in [2.75, 3.05) is 24.6 Å². The number of carbonyl (C=O) groups is 1. The van der Waals surface area contributed by atoms with Gasteiger partial charge in [0.15, 0.2) is 5.65 Å². The Morgan fingerprint density at radius 2 is 2.04 bits per heavy atom. The number of aromatic nitrogens is 4. The Kier molecular flexibility index (Phi) is 3.95. The van der Waals surface area contributed by atoms with Crippen molar-refractivity contribution in [2.45, 2.75) is 26.2 Å². The fourth-order valence-electron chi connectivity index (χ4n) is 3.34. The van der Waals surface area contributed by atoms with Crippen LogP contribution in [0.3, 0.4) is 0 Å². The van der Waals surface area contributed by atoms with Crippen molar-refractivity contribution < 1.29 is 13.9 Å². The molecule has 1 aliphatic rings. The predicted octanol–water partition coefficient (Wildman–Crippen LogP) is 2.58. The van der Waals surface area contributed by atoms with Gasteiger partial charge >= 0.3 is 5.97 Å². The summed E-state index contributed by atoms with van der Waals surface area (Å²) in [5.41, 5.74) is 1.74. The van der Waals surface area contributed by atoms with E-state index in [9.17, 15) is 9.18 Å². The Bertz CT molecular complexity index is 949. The molecule has 4 rings (SSSR count). The van der Waals surface area contributed by atoms with Gasteiger partial charge in [-0.2, -0.15) is 4.52 Å². The largest absolute Gasteiger partial charge is 0.462 e. The number of fused-ring (bicyclic) bond motifs is 3. The van der Waals surface area contributed by atoms with E-state index in [0.717, 1.165) is 25.9 Å². The summed E-state index contributed by atoms with van der Waals surface area (Å²) in [5.74, 6) is -0.832. The molecule has 0 aliphatic carbocycles. The van der Waals surface area contributed by atoms with Crippen molar-refractivity contribution >= 4 is 28.2 Å². The average molecular weight is 343 g/mol. The van der Waals surface area contributed by atoms with E-state index in [1.807, 2.05) is 4.90 Å². The van der Waals surface area contributed by atoms with Gasteiger partial charge in [0.1, 0.15) is 11.4 Å². The summed E-state index contributed by atoms with van der Waals surface area (Å²) in [4.78, 5) is 14.2. The minimum absolute atomic E-state index is 0.226. The molecule has 0 amide bonds. The standard InChI is InChI=1S/C17H18FN5O2/c1-2-25-17(24)12-8-11-9-13(18)15(22-6-4-3-5-7-22)10-14(11)23-16(12)19-20-21-23/h8-10H,2-7H2,1H3. The van der Waals surface area contributed by atoms with Crippen molar-refractivity contribution in [1.82, 2.24) is 20.0 Å². The lowest BCUT2D eigenvalue weighted by molar-refractivity contribution is 0.0528. The minimum atomic E-state index is -0.523. The normalized spacial score (nSPS) is 15.0. The van der Waals surface area contributed by atoms with Crippen LogP contribution in [0.2, 0.25) is 0 Å². The van der Waals surface area contributed by atoms with Gasteiger partial charge in [-0.15, -0.1) is 5.10 Å². The van der Waals surface area contributed by atoms with Crippen LogP contribution in [0.15, 0.2) is 18.2 Å². The highest BCUT2D eigenvalue weighted by Crippen LogP contribution is 2.29. The summed E-state index contributed by atoms with van der Waals surface area (Å²) in [6.07, 6.45) is 3.28. The number of hydrogen-bond acceptors (Lipinski definition) is 6. The molecule has 3 aromatic rings. The van der Waals surface area contributed by atoms with Gasteiger partial charge in [-0.25, -0.2) is 9.18 Å². The molecule has 1 saturated heterocycles. The maximum absolute atomic E-state index is 14.7. The highest BCUT2D eigenvalue weighted by molar-refractivity contribution is 6.00. The van der Waals surface area contributed by atoms with Gasteiger partial charge in [-0.05, 0) is 54.8 Å². The highest BCUT2D eigenvalue weighted by Gasteiger charge is 2.21. The molecular formula is C17H18FN5O2. The lowest BCUT2D eigenvalue weighted by Crippen LogP contribution is -2.30. The molecule has 0 radical (unpaired) electrons. The molecule has 7 nitrogen and oxygen atoms in total. The number of halogens is 1. The van der Waals surface area contributed by atoms with Crippen molar-refractivity contribution in [1.29, 1.82) is 0 Å². The van der Waals surface area contributed by atoms with Crippen molar-refractivity contribution in [3.8, 4) is 0 Å². The Hall–Kier alpha value is -2.77. The third-order valence-electron chi connectivity index (χ3n) is 4.53. The fraction of sp³-hybridized carbons (Fsp3) is 0.412. The summed E-state index contributed by atoms with van der Waals surface area (Å²) in [5, 5.41) is 12.1. The van der Waals surface area contributed by atoms with Crippen molar-refractivity contribution in [3.63, 3.8) is 0 Å². The first-order valence-electron chi connectivity index (χ1n) is 8.45. The van der Waals surface area contributed by atoms with E-state index in [2.05, 4.69) is 15.5 Å². The van der Waals surface area contributed by atoms with Crippen LogP contribution in [0.4, 0.5) is 10.1 Å². The highest BCUT2D eigenvalue weighted by atomic mass is 19.1. The molecule has 0 atom stereocenters. The van der Waals surface area contributed by atoms with Gasteiger partial charge in [0.05, 0.1) is 17.8 Å². The second-order valence-electron chi connectivity index (χ2n) is 6.10. The maximum Gasteiger partial charge on any atom is 0.342 e. The van der Waals surface area contributed by atoms with Crippen molar-refractivity contribution in [2.24, 2.45) is 0 Å². The Morgan fingerprint density at radius 1 is 1.24 bits per heavy atom. The zero-order valence-electron chi connectivity index (χ0n) is 13.9. The number of nitrogens with zero attached hydrogens (tertiary/aromatic N) is 5. The molecule has 0 spiro atoms. The Labute approximate surface area is 143 Å². The van der Waals surface area contributed by atoms with Crippen LogP contribution in [0.25, 0.3) is 16.6 Å². The van der Waals surface area contributed by atoms with E-state index in [4.69, 9.17) is 4.74 Å². The number of anilines is 1. The molecule has 8 heteroatoms. The van der Waals surface area contributed by atoms with Gasteiger partial charge in [-0.1, -0.05) is 0 Å². The smallest absolute Gasteiger partial charge is 0.342 e. The van der Waals surface area contributed by atoms with Gasteiger partial charge < -0.3 is 9.64 Å². The van der Waals surface area contributed by atoms with Crippen LogP contribution in [0.5, 0.6) is 0 Å². The third kappa shape index (κ3) is 2.67. The molecular weight excluding hydrogens is 325 g/mol. The Morgan fingerprint density at radius 3 is 2.80 bits per heavy atom. The lowest BCUT2D eigenvalue weighted by Gasteiger charge is -2.29. The minimum Gasteiger partial charge on any atom is -0.462 e. The van der Waals surface area contributed by atoms with Crippen LogP contribution in [0, 0.1) is 5.82 Å². The molecule has 130 valence electrons. The topological polar surface area (TPSA) is 72.6 Å². The van der Waals surface area contributed by atoms with Crippen LogP contribution in [-0.4, -0.2) is 45.7 Å². The number of tetrazole rings is 1. The van der Waals surface area contributed by atoms with Crippen LogP contribution in [0.1, 0.15) is 36.5 Å². The molecule has 2 aromatic heterocycles. The van der Waals surface area contributed by atoms with E-state index in [1.165, 1.54) is 17.0 Å². The summed E-state index contributed by atoms with van der Waals surface area (Å²) >= 11 is 0. The molecule has 1 fully saturated rings. The average Bonchev–Trinajstić information content (AvgIpc) is 3.11. The third-order valence-corrected chi connectivity index (χ3v) is 4.53. The van der Waals surface area contributed by atoms with E-state index in [-0.39, 0.29) is 18.0 Å². The molecule has 0 N–H and O–H groups in total. The first kappa shape index (κ1) is 15.7. The van der Waals surface area contributed by atoms with Gasteiger partial charge in [0, 0.05) is 18.5 Å². The Balaban J connectivity index is 1.91. The quantitative estimate of drug-likeness (QED) is 0.681. The first-order chi connectivity index (χ1) is 12.2. The zero-order chi connectivity index (χ0) is 17.4. The molecule has 0 unspecified atom stereocenters. The summed E-state index contributed by atoms with van der Waals surface area (Å²) in [7, 11) is 0. The number of benzene rings is 1. The zero-order valence-corrected chi connectivity index (χ0v) is 13.9. The van der Waals surface area contributed by atoms with Crippen LogP contribution < -0.4 is 4.90 Å². The number of pyridine rings is 1. The number of hydrogen-bond donors (Lipinski definition) is 0. The number of esters is 1. The monoisotopic (exact) mass is 343 g/mol. The first-order valence-corrected chi connectivity index (χ1v) is 8.45. The maximum atomic E-state index is 14.7. The van der Waals surface area contributed by atoms with Crippen LogP contribution >= 0.6 is 0 Å². The fourth-order valence-corrected chi connectivity index (χ4v) is 3.34. The summed E-state index contributed by atoms with van der Waals surface area (Å²) < 4.78 is 21.2. The van der Waals surface area contributed by atoms with Gasteiger partial charge in [0.2, 0.25) is 0 Å². The second-order valence-corrected chi connectivity index (χ2v) is 6.10. The van der Waals surface area contributed by atoms with Crippen molar-refractivity contribution in [3.05, 3.63) is 29.6 Å². The molecule has 25 heavy (non-hydrogen) atoms. The molecule has 1 aromatic carbocycles. The molecule has 1 aliphatic heterocycles. The molecule has 0 bridgehead atoms. The lowest BCUT2D eigenvalue weighted by atomic mass is 10.1. The number of rotatable bonds is 3. The van der Waals surface area contributed by atoms with E-state index < -0.39 is 5.97 Å². The van der Waals surface area contributed by atoms with Crippen LogP contribution in [-0.2, 0) is 4.74 Å². The van der Waals surface area contributed by atoms with Gasteiger partial charge in [0.25, 0.3) is 0 Å². The number of piperidine rings is 1. The van der Waals surface area contributed by atoms with E-state index in [0.29, 0.717) is 22.2 Å². The summed E-state index contributed by atoms with van der Waals surface area (Å²) in [6, 6.07) is 4.78. The van der Waals surface area contributed by atoms with E-state index >= 15 is 0 Å². The second kappa shape index (κ2) is 6.27. The summed E-state index contributed by atoms with van der Waals surface area (Å²) in [6.45, 7) is 3.64. The predicted molar refractivity (Wildman–Crippen MR) is 90.3 cm³/mol. The SMILES string of the molecule is CCOC(=O)c1cc2cc(F)c(N3CCCCC3)cc2n2nnnc12. The number of carbonyl (C=O) groups excluding carboxylic acids is 1. The van der Waals surface area contributed by atoms with E-state index in [1.54, 1.807) is 19.1 Å². The molecule has 3 heterocycles. The number of ether oxygens (including phenoxy) is 1.